The van der Waals surface area contributed by atoms with Crippen LogP contribution in [0.1, 0.15) is 66.4 Å². The SMILES string of the molecule is COC(=O)C(OC1CC1)c1c(C)cc(OC)c(C2CC2)c1-c1ccc2c(c1)CCCO2. The number of aryl methyl sites for hydroxylation is 2. The summed E-state index contributed by atoms with van der Waals surface area (Å²) in [5, 5.41) is 0. The summed E-state index contributed by atoms with van der Waals surface area (Å²) in [5.74, 6) is 1.95. The van der Waals surface area contributed by atoms with Crippen molar-refractivity contribution in [1.29, 1.82) is 0 Å². The van der Waals surface area contributed by atoms with Gasteiger partial charge in [0.05, 0.1) is 26.9 Å². The van der Waals surface area contributed by atoms with Crippen molar-refractivity contribution in [3.05, 3.63) is 46.5 Å². The van der Waals surface area contributed by atoms with Crippen LogP contribution >= 0.6 is 0 Å². The van der Waals surface area contributed by atoms with E-state index < -0.39 is 6.10 Å². The summed E-state index contributed by atoms with van der Waals surface area (Å²) >= 11 is 0. The zero-order valence-corrected chi connectivity index (χ0v) is 18.5. The Balaban J connectivity index is 1.74. The molecule has 5 heteroatoms. The molecule has 2 saturated carbocycles. The molecule has 0 aromatic heterocycles. The van der Waals surface area contributed by atoms with Crippen LogP contribution in [-0.4, -0.2) is 32.9 Å². The molecule has 1 atom stereocenters. The highest BCUT2D eigenvalue weighted by molar-refractivity contribution is 5.85. The van der Waals surface area contributed by atoms with Crippen LogP contribution in [-0.2, 0) is 20.7 Å². The highest BCUT2D eigenvalue weighted by atomic mass is 16.6. The second kappa shape index (κ2) is 8.19. The fourth-order valence-electron chi connectivity index (χ4n) is 4.67. The van der Waals surface area contributed by atoms with Crippen molar-refractivity contribution in [3.63, 3.8) is 0 Å². The van der Waals surface area contributed by atoms with Crippen LogP contribution in [0.15, 0.2) is 24.3 Å². The van der Waals surface area contributed by atoms with E-state index in [0.29, 0.717) is 5.92 Å². The first kappa shape index (κ1) is 20.4. The van der Waals surface area contributed by atoms with Crippen molar-refractivity contribution < 1.29 is 23.7 Å². The van der Waals surface area contributed by atoms with Gasteiger partial charge in [-0.2, -0.15) is 0 Å². The molecule has 0 N–H and O–H groups in total. The molecule has 2 aromatic rings. The lowest BCUT2D eigenvalue weighted by atomic mass is 9.85. The molecule has 3 aliphatic rings. The molecular weight excluding hydrogens is 392 g/mol. The minimum absolute atomic E-state index is 0.125. The molecule has 1 unspecified atom stereocenters. The lowest BCUT2D eigenvalue weighted by Crippen LogP contribution is -2.21. The maximum atomic E-state index is 12.9. The number of rotatable bonds is 7. The molecule has 1 aliphatic heterocycles. The molecule has 5 nitrogen and oxygen atoms in total. The fourth-order valence-corrected chi connectivity index (χ4v) is 4.67. The van der Waals surface area contributed by atoms with E-state index in [1.165, 1.54) is 18.2 Å². The third-order valence-electron chi connectivity index (χ3n) is 6.51. The van der Waals surface area contributed by atoms with E-state index in [-0.39, 0.29) is 12.1 Å². The van der Waals surface area contributed by atoms with E-state index in [9.17, 15) is 4.79 Å². The number of methoxy groups -OCH3 is 2. The normalized spacial score (nSPS) is 18.7. The van der Waals surface area contributed by atoms with Crippen molar-refractivity contribution in [1.82, 2.24) is 0 Å². The van der Waals surface area contributed by atoms with Gasteiger partial charge in [0.2, 0.25) is 0 Å². The van der Waals surface area contributed by atoms with Crippen molar-refractivity contribution in [2.75, 3.05) is 20.8 Å². The van der Waals surface area contributed by atoms with Gasteiger partial charge in [-0.3, -0.25) is 0 Å². The Hall–Kier alpha value is -2.53. The molecule has 0 radical (unpaired) electrons. The van der Waals surface area contributed by atoms with E-state index in [1.807, 2.05) is 6.92 Å². The first-order valence-electron chi connectivity index (χ1n) is 11.3. The predicted octanol–water partition coefficient (Wildman–Crippen LogP) is 5.27. The second-order valence-electron chi connectivity index (χ2n) is 8.89. The summed E-state index contributed by atoms with van der Waals surface area (Å²) in [7, 11) is 3.16. The molecule has 0 amide bonds. The lowest BCUT2D eigenvalue weighted by Gasteiger charge is -2.26. The lowest BCUT2D eigenvalue weighted by molar-refractivity contribution is -0.155. The minimum atomic E-state index is -0.733. The van der Waals surface area contributed by atoms with Crippen LogP contribution in [0, 0.1) is 6.92 Å². The Morgan fingerprint density at radius 1 is 1.13 bits per heavy atom. The average Bonchev–Trinajstić information content (AvgIpc) is 3.71. The Morgan fingerprint density at radius 2 is 1.94 bits per heavy atom. The number of carbonyl (C=O) groups is 1. The molecule has 2 aromatic carbocycles. The summed E-state index contributed by atoms with van der Waals surface area (Å²) in [6.45, 7) is 2.80. The molecular formula is C26H30O5. The van der Waals surface area contributed by atoms with Crippen molar-refractivity contribution in [2.45, 2.75) is 63.6 Å². The summed E-state index contributed by atoms with van der Waals surface area (Å²) in [4.78, 5) is 12.9. The Labute approximate surface area is 183 Å². The molecule has 2 fully saturated rings. The number of fused-ring (bicyclic) bond motifs is 1. The Bertz CT molecular complexity index is 1000. The van der Waals surface area contributed by atoms with Gasteiger partial charge in [0, 0.05) is 11.1 Å². The topological polar surface area (TPSA) is 54.0 Å². The largest absolute Gasteiger partial charge is 0.496 e. The monoisotopic (exact) mass is 422 g/mol. The number of esters is 1. The van der Waals surface area contributed by atoms with E-state index >= 15 is 0 Å². The molecule has 164 valence electrons. The first-order valence-corrected chi connectivity index (χ1v) is 11.3. The second-order valence-corrected chi connectivity index (χ2v) is 8.89. The van der Waals surface area contributed by atoms with Gasteiger partial charge >= 0.3 is 5.97 Å². The summed E-state index contributed by atoms with van der Waals surface area (Å²) < 4.78 is 23.1. The van der Waals surface area contributed by atoms with Crippen molar-refractivity contribution in [2.24, 2.45) is 0 Å². The number of hydrogen-bond acceptors (Lipinski definition) is 5. The molecule has 1 heterocycles. The Morgan fingerprint density at radius 3 is 2.61 bits per heavy atom. The van der Waals surface area contributed by atoms with Gasteiger partial charge in [0.1, 0.15) is 11.5 Å². The molecule has 2 aliphatic carbocycles. The quantitative estimate of drug-likeness (QED) is 0.569. The maximum Gasteiger partial charge on any atom is 0.339 e. The highest BCUT2D eigenvalue weighted by Gasteiger charge is 2.38. The Kier molecular flexibility index (Phi) is 5.39. The number of carbonyl (C=O) groups excluding carboxylic acids is 1. The molecule has 0 spiro atoms. The van der Waals surface area contributed by atoms with Gasteiger partial charge in [0.15, 0.2) is 6.10 Å². The zero-order valence-electron chi connectivity index (χ0n) is 18.5. The fraction of sp³-hybridized carbons (Fsp3) is 0.500. The molecule has 31 heavy (non-hydrogen) atoms. The highest BCUT2D eigenvalue weighted by Crippen LogP contribution is 2.52. The zero-order chi connectivity index (χ0) is 21.5. The number of hydrogen-bond donors (Lipinski definition) is 0. The van der Waals surface area contributed by atoms with E-state index in [1.54, 1.807) is 7.11 Å². The van der Waals surface area contributed by atoms with Crippen molar-refractivity contribution >= 4 is 5.97 Å². The van der Waals surface area contributed by atoms with E-state index in [0.717, 1.165) is 78.9 Å². The summed E-state index contributed by atoms with van der Waals surface area (Å²) in [5.41, 5.74) is 6.47. The minimum Gasteiger partial charge on any atom is -0.496 e. The predicted molar refractivity (Wildman–Crippen MR) is 118 cm³/mol. The first-order chi connectivity index (χ1) is 15.1. The van der Waals surface area contributed by atoms with Gasteiger partial charge in [-0.05, 0) is 91.8 Å². The smallest absolute Gasteiger partial charge is 0.339 e. The molecule has 0 saturated heterocycles. The van der Waals surface area contributed by atoms with Gasteiger partial charge in [0.25, 0.3) is 0 Å². The summed E-state index contributed by atoms with van der Waals surface area (Å²) in [6.07, 6.45) is 5.65. The maximum absolute atomic E-state index is 12.9. The summed E-state index contributed by atoms with van der Waals surface area (Å²) in [6, 6.07) is 8.46. The number of benzene rings is 2. The van der Waals surface area contributed by atoms with Crippen LogP contribution in [0.5, 0.6) is 11.5 Å². The van der Waals surface area contributed by atoms with Crippen LogP contribution in [0.3, 0.4) is 0 Å². The standard InChI is InChI=1S/C26H30O5/c1-15-13-21(28-2)23(16-6-7-16)24(18-8-11-20-17(14-18)5-4-12-30-20)22(15)25(26(27)29-3)31-19-9-10-19/h8,11,13-14,16,19,25H,4-7,9-10,12H2,1-3H3. The van der Waals surface area contributed by atoms with Crippen LogP contribution in [0.4, 0.5) is 0 Å². The molecule has 0 bridgehead atoms. The van der Waals surface area contributed by atoms with Crippen LogP contribution in [0.25, 0.3) is 11.1 Å². The third kappa shape index (κ3) is 3.91. The third-order valence-corrected chi connectivity index (χ3v) is 6.51. The van der Waals surface area contributed by atoms with E-state index in [4.69, 9.17) is 18.9 Å². The van der Waals surface area contributed by atoms with Crippen LogP contribution < -0.4 is 9.47 Å². The number of ether oxygens (including phenoxy) is 4. The van der Waals surface area contributed by atoms with Crippen molar-refractivity contribution in [3.8, 4) is 22.6 Å². The van der Waals surface area contributed by atoms with E-state index in [2.05, 4.69) is 24.3 Å². The van der Waals surface area contributed by atoms with Gasteiger partial charge in [-0.1, -0.05) is 6.07 Å². The van der Waals surface area contributed by atoms with Gasteiger partial charge in [-0.25, -0.2) is 4.79 Å². The van der Waals surface area contributed by atoms with Crippen LogP contribution in [0.2, 0.25) is 0 Å². The average molecular weight is 423 g/mol. The van der Waals surface area contributed by atoms with Gasteiger partial charge < -0.3 is 18.9 Å². The van der Waals surface area contributed by atoms with Gasteiger partial charge in [-0.15, -0.1) is 0 Å². The molecule has 5 rings (SSSR count).